The van der Waals surface area contributed by atoms with Gasteiger partial charge in [0.25, 0.3) is 5.91 Å². The number of nitrogens with one attached hydrogen (secondary N) is 2. The Morgan fingerprint density at radius 2 is 1.65 bits per heavy atom. The van der Waals surface area contributed by atoms with Crippen LogP contribution < -0.4 is 20.1 Å². The molecule has 1 aromatic carbocycles. The number of fused-ring (bicyclic) bond motifs is 2. The summed E-state index contributed by atoms with van der Waals surface area (Å²) in [6.45, 7) is 4.72. The van der Waals surface area contributed by atoms with Crippen molar-refractivity contribution < 1.29 is 29.0 Å². The summed E-state index contributed by atoms with van der Waals surface area (Å²) in [7, 11) is 1.46. The predicted molar refractivity (Wildman–Crippen MR) is 161 cm³/mol. The Balaban J connectivity index is 1.29. The largest absolute Gasteiger partial charge is 0.496 e. The zero-order chi connectivity index (χ0) is 30.8. The van der Waals surface area contributed by atoms with Crippen LogP contribution in [0.4, 0.5) is 0 Å². The van der Waals surface area contributed by atoms with E-state index in [1.165, 1.54) is 38.9 Å². The molecule has 2 amide bonds. The first-order valence-corrected chi connectivity index (χ1v) is 16.2. The molecule has 0 aromatic heterocycles. The number of carbonyl (C=O) groups excluding carboxylic acids is 2. The minimum absolute atomic E-state index is 0.0458. The van der Waals surface area contributed by atoms with E-state index in [9.17, 15) is 24.8 Å². The van der Waals surface area contributed by atoms with Crippen molar-refractivity contribution in [3.8, 4) is 17.6 Å². The molecule has 2 bridgehead atoms. The third-order valence-electron chi connectivity index (χ3n) is 11.0. The summed E-state index contributed by atoms with van der Waals surface area (Å²) in [6.07, 6.45) is 11.9. The number of hydrogen-bond donors (Lipinski definition) is 3. The van der Waals surface area contributed by atoms with Crippen LogP contribution in [-0.4, -0.2) is 48.7 Å². The van der Waals surface area contributed by atoms with Crippen molar-refractivity contribution in [3.63, 3.8) is 0 Å². The molecule has 0 spiro atoms. The van der Waals surface area contributed by atoms with Crippen molar-refractivity contribution in [1.82, 2.24) is 10.6 Å². The van der Waals surface area contributed by atoms with Crippen LogP contribution in [0.5, 0.6) is 11.5 Å². The Labute approximate surface area is 255 Å². The smallest absolute Gasteiger partial charge is 0.309 e. The van der Waals surface area contributed by atoms with Crippen molar-refractivity contribution in [2.45, 2.75) is 109 Å². The van der Waals surface area contributed by atoms with E-state index in [0.29, 0.717) is 32.2 Å². The summed E-state index contributed by atoms with van der Waals surface area (Å²) in [4.78, 5) is 39.1. The van der Waals surface area contributed by atoms with Gasteiger partial charge in [0.05, 0.1) is 35.7 Å². The zero-order valence-electron chi connectivity index (χ0n) is 25.9. The van der Waals surface area contributed by atoms with Crippen LogP contribution in [0.25, 0.3) is 0 Å². The minimum atomic E-state index is -0.807. The normalized spacial score (nSPS) is 31.3. The molecule has 4 aliphatic rings. The van der Waals surface area contributed by atoms with Crippen LogP contribution in [0, 0.1) is 39.9 Å². The third kappa shape index (κ3) is 6.63. The Morgan fingerprint density at radius 3 is 2.28 bits per heavy atom. The number of methoxy groups -OCH3 is 1. The minimum Gasteiger partial charge on any atom is -0.496 e. The fourth-order valence-corrected chi connectivity index (χ4v) is 8.11. The average molecular weight is 594 g/mol. The van der Waals surface area contributed by atoms with Crippen molar-refractivity contribution >= 4 is 17.8 Å². The lowest BCUT2D eigenvalue weighted by atomic mass is 9.75. The number of nitriles is 1. The standard InChI is InChI=1S/C34H47N3O6/c1-33(12-6-4-5-7-13-33)20-36-31(39)28-21-8-9-22(16-21)29(28)37-30(38)25-18-26(23(19-35)17-27(25)42-3)43-24-10-14-34(2,15-11-24)32(40)41/h17-18,21-22,24,28-29H,4-16,20H2,1-3H3,(H,36,39)(H,37,38)(H,40,41). The second-order valence-corrected chi connectivity index (χ2v) is 14.1. The SMILES string of the molecule is COc1cc(C#N)c(OC2CCC(C)(C(=O)O)CC2)cc1C(=O)NC1C2CCC(C2)C1C(=O)NCC1(C)CCCCCC1. The van der Waals surface area contributed by atoms with Crippen LogP contribution in [-0.2, 0) is 9.59 Å². The lowest BCUT2D eigenvalue weighted by molar-refractivity contribution is -0.150. The number of nitrogens with zero attached hydrogens (tertiary/aromatic N) is 1. The molecule has 4 atom stereocenters. The molecule has 5 rings (SSSR count). The number of ether oxygens (including phenoxy) is 2. The Hall–Kier alpha value is -3.28. The summed E-state index contributed by atoms with van der Waals surface area (Å²) in [6, 6.07) is 4.97. The van der Waals surface area contributed by atoms with Gasteiger partial charge >= 0.3 is 5.97 Å². The Morgan fingerprint density at radius 1 is 0.977 bits per heavy atom. The van der Waals surface area contributed by atoms with Crippen LogP contribution in [0.3, 0.4) is 0 Å². The van der Waals surface area contributed by atoms with E-state index in [-0.39, 0.29) is 69.8 Å². The molecule has 234 valence electrons. The van der Waals surface area contributed by atoms with Gasteiger partial charge in [0.15, 0.2) is 0 Å². The second kappa shape index (κ2) is 12.8. The van der Waals surface area contributed by atoms with Gasteiger partial charge in [-0.1, -0.05) is 32.6 Å². The van der Waals surface area contributed by atoms with Crippen molar-refractivity contribution in [2.24, 2.45) is 28.6 Å². The number of rotatable bonds is 9. The number of amides is 2. The number of hydrogen-bond acceptors (Lipinski definition) is 6. The number of carboxylic acids is 1. The molecule has 43 heavy (non-hydrogen) atoms. The van der Waals surface area contributed by atoms with Crippen molar-refractivity contribution in [1.29, 1.82) is 5.26 Å². The number of carbonyl (C=O) groups is 3. The molecule has 0 heterocycles. The van der Waals surface area contributed by atoms with E-state index in [4.69, 9.17) is 9.47 Å². The summed E-state index contributed by atoms with van der Waals surface area (Å²) >= 11 is 0. The zero-order valence-corrected chi connectivity index (χ0v) is 25.9. The van der Waals surface area contributed by atoms with E-state index in [1.54, 1.807) is 13.0 Å². The first-order chi connectivity index (χ1) is 20.6. The second-order valence-electron chi connectivity index (χ2n) is 14.1. The molecule has 9 heteroatoms. The lowest BCUT2D eigenvalue weighted by Crippen LogP contribution is -2.51. The highest BCUT2D eigenvalue weighted by molar-refractivity contribution is 5.98. The van der Waals surface area contributed by atoms with Gasteiger partial charge in [-0.2, -0.15) is 5.26 Å². The third-order valence-corrected chi connectivity index (χ3v) is 11.0. The van der Waals surface area contributed by atoms with Crippen LogP contribution in [0.2, 0.25) is 0 Å². The number of benzene rings is 1. The van der Waals surface area contributed by atoms with Gasteiger partial charge in [-0.05, 0) is 88.0 Å². The number of aliphatic carboxylic acids is 1. The summed E-state index contributed by atoms with van der Waals surface area (Å²) < 4.78 is 11.7. The van der Waals surface area contributed by atoms with Gasteiger partial charge in [-0.15, -0.1) is 0 Å². The van der Waals surface area contributed by atoms with Gasteiger partial charge in [0.2, 0.25) is 5.91 Å². The summed E-state index contributed by atoms with van der Waals surface area (Å²) in [5, 5.41) is 25.9. The van der Waals surface area contributed by atoms with E-state index in [1.807, 2.05) is 0 Å². The first-order valence-electron chi connectivity index (χ1n) is 16.2. The topological polar surface area (TPSA) is 138 Å². The highest BCUT2D eigenvalue weighted by atomic mass is 16.5. The molecular weight excluding hydrogens is 546 g/mol. The molecule has 0 radical (unpaired) electrons. The van der Waals surface area contributed by atoms with Gasteiger partial charge in [0, 0.05) is 18.7 Å². The highest BCUT2D eigenvalue weighted by Gasteiger charge is 2.51. The number of carboxylic acid groups (broad SMARTS) is 1. The molecule has 9 nitrogen and oxygen atoms in total. The molecule has 0 saturated heterocycles. The van der Waals surface area contributed by atoms with E-state index < -0.39 is 11.4 Å². The fourth-order valence-electron chi connectivity index (χ4n) is 8.11. The van der Waals surface area contributed by atoms with Gasteiger partial charge in [-0.3, -0.25) is 14.4 Å². The monoisotopic (exact) mass is 593 g/mol. The molecule has 0 aliphatic heterocycles. The summed E-state index contributed by atoms with van der Waals surface area (Å²) in [5.41, 5.74) is -0.140. The van der Waals surface area contributed by atoms with Gasteiger partial charge in [0.1, 0.15) is 17.6 Å². The van der Waals surface area contributed by atoms with E-state index in [0.717, 1.165) is 32.1 Å². The van der Waals surface area contributed by atoms with Crippen molar-refractivity contribution in [3.05, 3.63) is 23.3 Å². The Bertz CT molecular complexity index is 1260. The maximum Gasteiger partial charge on any atom is 0.309 e. The predicted octanol–water partition coefficient (Wildman–Crippen LogP) is 5.60. The van der Waals surface area contributed by atoms with Crippen LogP contribution >= 0.6 is 0 Å². The molecule has 4 fully saturated rings. The molecule has 1 aromatic rings. The lowest BCUT2D eigenvalue weighted by Gasteiger charge is -2.34. The first kappa shape index (κ1) is 31.2. The van der Waals surface area contributed by atoms with Gasteiger partial charge < -0.3 is 25.2 Å². The van der Waals surface area contributed by atoms with E-state index in [2.05, 4.69) is 23.6 Å². The summed E-state index contributed by atoms with van der Waals surface area (Å²) in [5.74, 6) is -0.291. The molecule has 4 saturated carbocycles. The quantitative estimate of drug-likeness (QED) is 0.317. The maximum absolute atomic E-state index is 13.8. The molecule has 4 unspecified atom stereocenters. The van der Waals surface area contributed by atoms with Crippen LogP contribution in [0.15, 0.2) is 12.1 Å². The maximum atomic E-state index is 13.8. The van der Waals surface area contributed by atoms with Crippen molar-refractivity contribution in [2.75, 3.05) is 13.7 Å². The molecule has 4 aliphatic carbocycles. The van der Waals surface area contributed by atoms with Gasteiger partial charge in [-0.25, -0.2) is 0 Å². The Kier molecular flexibility index (Phi) is 9.24. The average Bonchev–Trinajstić information content (AvgIpc) is 3.53. The molecular formula is C34H47N3O6. The van der Waals surface area contributed by atoms with Crippen LogP contribution in [0.1, 0.15) is 113 Å². The van der Waals surface area contributed by atoms with E-state index >= 15 is 0 Å². The fraction of sp³-hybridized carbons (Fsp3) is 0.706. The highest BCUT2D eigenvalue weighted by Crippen LogP contribution is 2.49. The molecule has 3 N–H and O–H groups in total.